The monoisotopic (exact) mass is 707 g/mol. The van der Waals surface area contributed by atoms with Gasteiger partial charge in [0.2, 0.25) is 5.78 Å². The second-order valence-electron chi connectivity index (χ2n) is 14.5. The molecule has 1 amide bonds. The Hall–Kier alpha value is -4.63. The molecule has 51 heavy (non-hydrogen) atoms. The SMILES string of the molecule is COc1cccc2c1C(=O)c1c(O)c3c(c(O)c1C2=O)C[C@@](O)(C(C)=O)C[C@@H]3OC1CC(NC(=O)OCC2=CCC(C)(C)CC2=O)C(O)C(C)O1. The number of amides is 1. The maximum absolute atomic E-state index is 13.9. The number of benzene rings is 2. The standard InChI is InChI=1S/C37H41NO13/c1-16-30(41)21(38-35(46)49-15-18-9-10-36(3,4)13-22(18)40)11-25(50-16)51-24-14-37(47,17(2)39)12-20-27(24)34(45)29-28(32(20)43)31(42)19-7-6-8-23(48-5)26(19)33(29)44/h6-9,16,21,24-25,30,41,43,45,47H,10-15H2,1-5H3,(H,38,46)/t16?,21?,24-,25?,30?,37-/m0/s1. The highest BCUT2D eigenvalue weighted by Gasteiger charge is 2.49. The Morgan fingerprint density at radius 1 is 1.04 bits per heavy atom. The quantitative estimate of drug-likeness (QED) is 0.224. The molecule has 0 aromatic heterocycles. The van der Waals surface area contributed by atoms with Crippen molar-refractivity contribution in [3.63, 3.8) is 0 Å². The molecule has 1 saturated heterocycles. The summed E-state index contributed by atoms with van der Waals surface area (Å²) in [7, 11) is 1.32. The number of phenolic OH excluding ortho intramolecular Hbond substituents is 2. The molecule has 0 radical (unpaired) electrons. The van der Waals surface area contributed by atoms with Crippen molar-refractivity contribution in [2.75, 3.05) is 13.7 Å². The maximum Gasteiger partial charge on any atom is 0.407 e. The smallest absolute Gasteiger partial charge is 0.407 e. The van der Waals surface area contributed by atoms with Crippen molar-refractivity contribution in [3.8, 4) is 17.2 Å². The van der Waals surface area contributed by atoms with E-state index in [4.69, 9.17) is 18.9 Å². The number of allylic oxidation sites excluding steroid dienone is 1. The number of fused-ring (bicyclic) bond motifs is 3. The van der Waals surface area contributed by atoms with Gasteiger partial charge < -0.3 is 44.7 Å². The van der Waals surface area contributed by atoms with Gasteiger partial charge in [0.1, 0.15) is 35.6 Å². The van der Waals surface area contributed by atoms with Crippen LogP contribution in [0.1, 0.15) is 102 Å². The van der Waals surface area contributed by atoms with Gasteiger partial charge in [0, 0.05) is 47.9 Å². The number of carbonyl (C=O) groups is 5. The van der Waals surface area contributed by atoms with E-state index in [1.54, 1.807) is 6.08 Å². The summed E-state index contributed by atoms with van der Waals surface area (Å²) in [5.74, 6) is -3.64. The van der Waals surface area contributed by atoms with Gasteiger partial charge in [-0.2, -0.15) is 0 Å². The molecule has 2 aromatic carbocycles. The molecular formula is C37H41NO13. The largest absolute Gasteiger partial charge is 0.507 e. The fourth-order valence-corrected chi connectivity index (χ4v) is 7.38. The zero-order valence-electron chi connectivity index (χ0n) is 28.9. The number of hydrogen-bond donors (Lipinski definition) is 5. The van der Waals surface area contributed by atoms with E-state index in [1.165, 1.54) is 32.2 Å². The number of hydrogen-bond acceptors (Lipinski definition) is 13. The lowest BCUT2D eigenvalue weighted by Crippen LogP contribution is -2.56. The van der Waals surface area contributed by atoms with Crippen LogP contribution in [-0.2, 0) is 30.2 Å². The third-order valence-corrected chi connectivity index (χ3v) is 10.3. The van der Waals surface area contributed by atoms with Gasteiger partial charge in [-0.05, 0) is 31.7 Å². The van der Waals surface area contributed by atoms with E-state index in [-0.39, 0.29) is 52.2 Å². The number of alkyl carbamates (subject to hydrolysis) is 1. The van der Waals surface area contributed by atoms with Gasteiger partial charge in [-0.3, -0.25) is 19.2 Å². The number of ether oxygens (including phenoxy) is 4. The predicted molar refractivity (Wildman–Crippen MR) is 177 cm³/mol. The van der Waals surface area contributed by atoms with Crippen molar-refractivity contribution < 1.29 is 63.3 Å². The van der Waals surface area contributed by atoms with Crippen molar-refractivity contribution in [2.45, 2.75) is 96.0 Å². The fraction of sp³-hybridized carbons (Fsp3) is 0.486. The van der Waals surface area contributed by atoms with Crippen molar-refractivity contribution in [1.82, 2.24) is 5.32 Å². The lowest BCUT2D eigenvalue weighted by Gasteiger charge is -2.42. The molecule has 6 atom stereocenters. The van der Waals surface area contributed by atoms with Crippen LogP contribution in [0, 0.1) is 5.41 Å². The number of rotatable bonds is 7. The first-order valence-corrected chi connectivity index (χ1v) is 16.7. The second kappa shape index (κ2) is 13.2. The first-order chi connectivity index (χ1) is 24.0. The molecule has 6 rings (SSSR count). The molecule has 4 unspecified atom stereocenters. The second-order valence-corrected chi connectivity index (χ2v) is 14.5. The van der Waals surface area contributed by atoms with Crippen LogP contribution in [0.3, 0.4) is 0 Å². The van der Waals surface area contributed by atoms with Crippen LogP contribution in [0.25, 0.3) is 0 Å². The van der Waals surface area contributed by atoms with Gasteiger partial charge >= 0.3 is 6.09 Å². The predicted octanol–water partition coefficient (Wildman–Crippen LogP) is 3.11. The number of methoxy groups -OCH3 is 1. The molecule has 3 aliphatic carbocycles. The summed E-state index contributed by atoms with van der Waals surface area (Å²) in [5.41, 5.74) is -3.33. The van der Waals surface area contributed by atoms with Gasteiger partial charge in [-0.1, -0.05) is 32.1 Å². The molecule has 4 aliphatic rings. The number of ketones is 4. The van der Waals surface area contributed by atoms with E-state index < -0.39 is 95.2 Å². The number of aromatic hydroxyl groups is 2. The molecule has 1 fully saturated rings. The van der Waals surface area contributed by atoms with Crippen LogP contribution in [0.5, 0.6) is 17.2 Å². The molecule has 14 heteroatoms. The first kappa shape index (κ1) is 36.2. The average Bonchev–Trinajstić information content (AvgIpc) is 3.06. The van der Waals surface area contributed by atoms with Crippen molar-refractivity contribution in [3.05, 3.63) is 63.2 Å². The lowest BCUT2D eigenvalue weighted by atomic mass is 9.72. The number of carbonyl (C=O) groups excluding carboxylic acids is 5. The van der Waals surface area contributed by atoms with Crippen LogP contribution in [0.4, 0.5) is 4.79 Å². The molecule has 0 saturated carbocycles. The van der Waals surface area contributed by atoms with E-state index in [0.717, 1.165) is 6.92 Å². The average molecular weight is 708 g/mol. The number of Topliss-reactive ketones (excluding diaryl/α,β-unsaturated/α-hetero) is 2. The molecule has 1 heterocycles. The summed E-state index contributed by atoms with van der Waals surface area (Å²) in [6.45, 7) is 6.37. The van der Waals surface area contributed by atoms with Crippen LogP contribution >= 0.6 is 0 Å². The molecular weight excluding hydrogens is 666 g/mol. The van der Waals surface area contributed by atoms with E-state index >= 15 is 0 Å². The Balaban J connectivity index is 1.29. The molecule has 5 N–H and O–H groups in total. The number of nitrogens with one attached hydrogen (secondary N) is 1. The third-order valence-electron chi connectivity index (χ3n) is 10.3. The summed E-state index contributed by atoms with van der Waals surface area (Å²) >= 11 is 0. The Morgan fingerprint density at radius 2 is 1.75 bits per heavy atom. The summed E-state index contributed by atoms with van der Waals surface area (Å²) in [6, 6.07) is 3.39. The Kier molecular flexibility index (Phi) is 9.34. The van der Waals surface area contributed by atoms with Crippen molar-refractivity contribution in [2.24, 2.45) is 5.41 Å². The zero-order valence-corrected chi connectivity index (χ0v) is 28.9. The molecule has 0 spiro atoms. The van der Waals surface area contributed by atoms with Crippen LogP contribution in [0.15, 0.2) is 29.8 Å². The highest BCUT2D eigenvalue weighted by atomic mass is 16.7. The highest BCUT2D eigenvalue weighted by Crippen LogP contribution is 2.52. The van der Waals surface area contributed by atoms with E-state index in [2.05, 4.69) is 5.32 Å². The number of aliphatic hydroxyl groups is 2. The van der Waals surface area contributed by atoms with Crippen LogP contribution in [0.2, 0.25) is 0 Å². The minimum atomic E-state index is -2.11. The van der Waals surface area contributed by atoms with Crippen LogP contribution < -0.4 is 10.1 Å². The Morgan fingerprint density at radius 3 is 2.41 bits per heavy atom. The van der Waals surface area contributed by atoms with Gasteiger partial charge in [-0.25, -0.2) is 4.79 Å². The van der Waals surface area contributed by atoms with Gasteiger partial charge in [0.15, 0.2) is 23.6 Å². The summed E-state index contributed by atoms with van der Waals surface area (Å²) in [4.78, 5) is 65.6. The van der Waals surface area contributed by atoms with Gasteiger partial charge in [0.25, 0.3) is 0 Å². The minimum absolute atomic E-state index is 0.0572. The van der Waals surface area contributed by atoms with Crippen LogP contribution in [-0.4, -0.2) is 93.5 Å². The maximum atomic E-state index is 13.9. The number of phenols is 2. The summed E-state index contributed by atoms with van der Waals surface area (Å²) in [6.07, 6.45) is -3.99. The van der Waals surface area contributed by atoms with Crippen molar-refractivity contribution in [1.29, 1.82) is 0 Å². The topological polar surface area (TPSA) is 215 Å². The minimum Gasteiger partial charge on any atom is -0.507 e. The highest BCUT2D eigenvalue weighted by molar-refractivity contribution is 6.31. The summed E-state index contributed by atoms with van der Waals surface area (Å²) in [5, 5.41) is 48.2. The van der Waals surface area contributed by atoms with E-state index in [1.807, 2.05) is 13.8 Å². The number of aliphatic hydroxyl groups excluding tert-OH is 1. The molecule has 2 aromatic rings. The molecule has 14 nitrogen and oxygen atoms in total. The normalized spacial score (nSPS) is 28.2. The van der Waals surface area contributed by atoms with Gasteiger partial charge in [0.05, 0.1) is 42.0 Å². The van der Waals surface area contributed by atoms with Crippen molar-refractivity contribution >= 4 is 29.2 Å². The lowest BCUT2D eigenvalue weighted by molar-refractivity contribution is -0.249. The fourth-order valence-electron chi connectivity index (χ4n) is 7.38. The Labute approximate surface area is 293 Å². The third kappa shape index (κ3) is 6.41. The van der Waals surface area contributed by atoms with Gasteiger partial charge in [-0.15, -0.1) is 0 Å². The molecule has 272 valence electrons. The zero-order chi connectivity index (χ0) is 37.2. The van der Waals surface area contributed by atoms with E-state index in [0.29, 0.717) is 18.4 Å². The van der Waals surface area contributed by atoms with E-state index in [9.17, 15) is 44.4 Å². The molecule has 0 bridgehead atoms. The first-order valence-electron chi connectivity index (χ1n) is 16.7. The summed E-state index contributed by atoms with van der Waals surface area (Å²) < 4.78 is 22.7. The molecule has 1 aliphatic heterocycles. The Bertz CT molecular complexity index is 1880.